The van der Waals surface area contributed by atoms with E-state index in [2.05, 4.69) is 32.9 Å². The molecule has 2 aromatic rings. The van der Waals surface area contributed by atoms with E-state index in [1.807, 2.05) is 0 Å². The number of nitrogens with zero attached hydrogens (tertiary/aromatic N) is 3. The van der Waals surface area contributed by atoms with Crippen molar-refractivity contribution in [3.63, 3.8) is 0 Å². The first kappa shape index (κ1) is 25.6. The molecule has 0 aliphatic rings. The van der Waals surface area contributed by atoms with Crippen LogP contribution in [0, 0.1) is 5.82 Å². The molecule has 8 nitrogen and oxygen atoms in total. The number of nitrogens with one attached hydrogen (secondary N) is 2. The van der Waals surface area contributed by atoms with E-state index in [-0.39, 0.29) is 5.82 Å². The largest absolute Gasteiger partial charge is 0.405 e. The third kappa shape index (κ3) is 7.38. The molecule has 0 unspecified atom stereocenters. The molecule has 0 spiro atoms. The maximum absolute atomic E-state index is 14.4. The van der Waals surface area contributed by atoms with Crippen molar-refractivity contribution in [1.29, 1.82) is 0 Å². The van der Waals surface area contributed by atoms with Gasteiger partial charge in [0.15, 0.2) is 5.82 Å². The minimum Gasteiger partial charge on any atom is -0.405 e. The number of anilines is 2. The van der Waals surface area contributed by atoms with Crippen molar-refractivity contribution in [3.8, 4) is 0 Å². The number of aromatic nitrogens is 2. The number of rotatable bonds is 9. The molecule has 2 rings (SSSR count). The van der Waals surface area contributed by atoms with Crippen LogP contribution in [0.2, 0.25) is 0 Å². The first-order valence-electron chi connectivity index (χ1n) is 9.96. The molecule has 6 N–H and O–H groups in total. The molecular weight excluding hydrogens is 397 g/mol. The molecule has 0 saturated heterocycles. The number of allylic oxidation sites excluding steroid dienone is 3. The van der Waals surface area contributed by atoms with Crippen LogP contribution in [0.1, 0.15) is 36.1 Å². The summed E-state index contributed by atoms with van der Waals surface area (Å²) >= 11 is 0. The van der Waals surface area contributed by atoms with E-state index >= 15 is 0 Å². The Labute approximate surface area is 183 Å². The monoisotopic (exact) mass is 429 g/mol. The Hall–Kier alpha value is -3.46. The van der Waals surface area contributed by atoms with Gasteiger partial charge in [-0.3, -0.25) is 9.79 Å². The molecule has 168 valence electrons. The van der Waals surface area contributed by atoms with Crippen molar-refractivity contribution >= 4 is 29.1 Å². The van der Waals surface area contributed by atoms with Gasteiger partial charge < -0.3 is 26.7 Å². The Bertz CT molecular complexity index is 918. The Morgan fingerprint density at radius 2 is 2.13 bits per heavy atom. The second kappa shape index (κ2) is 13.7. The zero-order chi connectivity index (χ0) is 23.2. The van der Waals surface area contributed by atoms with Crippen LogP contribution in [0.3, 0.4) is 0 Å². The van der Waals surface area contributed by atoms with Crippen LogP contribution in [0.25, 0.3) is 5.57 Å². The van der Waals surface area contributed by atoms with Crippen molar-refractivity contribution in [1.82, 2.24) is 9.97 Å². The smallest absolute Gasteiger partial charge is 0.291 e. The Morgan fingerprint density at radius 3 is 2.77 bits per heavy atom. The van der Waals surface area contributed by atoms with E-state index in [1.165, 1.54) is 25.5 Å². The van der Waals surface area contributed by atoms with Gasteiger partial charge >= 0.3 is 0 Å². The van der Waals surface area contributed by atoms with Gasteiger partial charge in [-0.15, -0.1) is 0 Å². The first-order chi connectivity index (χ1) is 15.0. The molecule has 0 fully saturated rings. The predicted octanol–water partition coefficient (Wildman–Crippen LogP) is 3.17. The predicted molar refractivity (Wildman–Crippen MR) is 127 cm³/mol. The summed E-state index contributed by atoms with van der Waals surface area (Å²) in [4.78, 5) is 25.5. The van der Waals surface area contributed by atoms with Gasteiger partial charge in [0.1, 0.15) is 5.82 Å². The molecule has 1 aromatic carbocycles. The molecular formula is C22H32FN7O. The minimum absolute atomic E-state index is 0.108. The minimum atomic E-state index is -0.466. The second-order valence-electron chi connectivity index (χ2n) is 6.40. The lowest BCUT2D eigenvalue weighted by Crippen LogP contribution is -2.23. The normalized spacial score (nSPS) is 11.5. The van der Waals surface area contributed by atoms with Gasteiger partial charge in [-0.2, -0.15) is 0 Å². The van der Waals surface area contributed by atoms with Crippen molar-refractivity contribution < 1.29 is 9.18 Å². The lowest BCUT2D eigenvalue weighted by molar-refractivity contribution is 0.101. The molecule has 0 saturated carbocycles. The van der Waals surface area contributed by atoms with E-state index in [9.17, 15) is 9.18 Å². The number of imidazole rings is 1. The number of amides is 1. The maximum atomic E-state index is 14.4. The van der Waals surface area contributed by atoms with Gasteiger partial charge in [-0.05, 0) is 44.0 Å². The van der Waals surface area contributed by atoms with E-state index in [4.69, 9.17) is 5.73 Å². The lowest BCUT2D eigenvalue weighted by atomic mass is 10.2. The number of aliphatic imine (C=N–C) groups is 1. The number of nitrogens with two attached hydrogens (primary N) is 2. The summed E-state index contributed by atoms with van der Waals surface area (Å²) in [5.74, 6) is -0.748. The van der Waals surface area contributed by atoms with Crippen LogP contribution in [0.5, 0.6) is 0 Å². The number of carbonyl (C=O) groups is 1. The fourth-order valence-electron chi connectivity index (χ4n) is 2.77. The van der Waals surface area contributed by atoms with Crippen LogP contribution in [0.4, 0.5) is 15.8 Å². The van der Waals surface area contributed by atoms with Crippen LogP contribution < -0.4 is 21.7 Å². The summed E-state index contributed by atoms with van der Waals surface area (Å²) in [6.45, 7) is 2.76. The number of aromatic amines is 1. The number of benzene rings is 1. The van der Waals surface area contributed by atoms with Gasteiger partial charge in [-0.1, -0.05) is 19.4 Å². The van der Waals surface area contributed by atoms with Gasteiger partial charge in [0.05, 0.1) is 23.3 Å². The number of para-hydroxylation sites is 1. The van der Waals surface area contributed by atoms with E-state index in [1.54, 1.807) is 49.5 Å². The van der Waals surface area contributed by atoms with Crippen LogP contribution in [-0.4, -0.2) is 49.8 Å². The van der Waals surface area contributed by atoms with Crippen molar-refractivity contribution in [2.75, 3.05) is 37.9 Å². The number of halogens is 1. The summed E-state index contributed by atoms with van der Waals surface area (Å²) in [6.07, 6.45) is 9.86. The summed E-state index contributed by atoms with van der Waals surface area (Å²) in [6, 6.07) is 4.61. The van der Waals surface area contributed by atoms with Crippen LogP contribution in [-0.2, 0) is 0 Å². The molecule has 9 heteroatoms. The maximum Gasteiger partial charge on any atom is 0.291 e. The fraction of sp³-hybridized carbons (Fsp3) is 0.318. The van der Waals surface area contributed by atoms with Crippen LogP contribution in [0.15, 0.2) is 47.7 Å². The number of hydrogen-bond donors (Lipinski definition) is 4. The highest BCUT2D eigenvalue weighted by Crippen LogP contribution is 2.29. The Morgan fingerprint density at radius 1 is 1.39 bits per heavy atom. The Kier molecular flexibility index (Phi) is 11.3. The van der Waals surface area contributed by atoms with Gasteiger partial charge in [0.25, 0.3) is 5.91 Å². The quantitative estimate of drug-likeness (QED) is 0.360. The molecule has 1 heterocycles. The standard InChI is InChI=1S/C21H27FN6O.CH5N/c1-4-5-13-28(3)19-16(22)7-6-8-17(19)27-21(29)20-25-14-18(26-20)15(9-11-23)10-12-24-2;1-2/h6-12,14H,4-5,13,23H2,1-3H3,(H,25,26)(H,27,29);2H2,1H3/b11-9+,15-10+,24-12?;. The van der Waals surface area contributed by atoms with Gasteiger partial charge in [0.2, 0.25) is 0 Å². The topological polar surface area (TPSA) is 125 Å². The number of hydrogen-bond acceptors (Lipinski definition) is 6. The summed E-state index contributed by atoms with van der Waals surface area (Å²) in [5, 5.41) is 2.75. The molecule has 1 amide bonds. The van der Waals surface area contributed by atoms with E-state index in [0.29, 0.717) is 23.6 Å². The molecule has 0 aliphatic carbocycles. The molecule has 1 aromatic heterocycles. The van der Waals surface area contributed by atoms with E-state index in [0.717, 1.165) is 18.4 Å². The summed E-state index contributed by atoms with van der Waals surface area (Å²) < 4.78 is 14.4. The van der Waals surface area contributed by atoms with Crippen LogP contribution >= 0.6 is 0 Å². The summed E-state index contributed by atoms with van der Waals surface area (Å²) in [7, 11) is 4.96. The zero-order valence-electron chi connectivity index (χ0n) is 18.5. The highest BCUT2D eigenvalue weighted by molar-refractivity contribution is 6.04. The lowest BCUT2D eigenvalue weighted by Gasteiger charge is -2.23. The number of carbonyl (C=O) groups excluding carboxylic acids is 1. The van der Waals surface area contributed by atoms with Crippen molar-refractivity contribution in [2.24, 2.45) is 16.5 Å². The van der Waals surface area contributed by atoms with Gasteiger partial charge in [0, 0.05) is 32.4 Å². The highest BCUT2D eigenvalue weighted by Gasteiger charge is 2.17. The average molecular weight is 430 g/mol. The average Bonchev–Trinajstić information content (AvgIpc) is 3.27. The SMILES string of the molecule is CCCCN(C)c1c(F)cccc1NC(=O)c1ncc(C(/C=C/N)=C/C=NC)[nH]1.CN. The van der Waals surface area contributed by atoms with Gasteiger partial charge in [-0.25, -0.2) is 9.37 Å². The third-order valence-electron chi connectivity index (χ3n) is 4.24. The molecule has 0 atom stereocenters. The molecule has 31 heavy (non-hydrogen) atoms. The summed E-state index contributed by atoms with van der Waals surface area (Å²) in [5.41, 5.74) is 12.1. The van der Waals surface area contributed by atoms with E-state index < -0.39 is 11.7 Å². The van der Waals surface area contributed by atoms with Crippen molar-refractivity contribution in [3.05, 3.63) is 60.1 Å². The number of H-pyrrole nitrogens is 1. The molecule has 0 bridgehead atoms. The fourth-order valence-corrected chi connectivity index (χ4v) is 2.77. The first-order valence-corrected chi connectivity index (χ1v) is 9.96. The number of unbranched alkanes of at least 4 members (excludes halogenated alkanes) is 1. The molecule has 0 radical (unpaired) electrons. The second-order valence-corrected chi connectivity index (χ2v) is 6.40. The molecule has 0 aliphatic heterocycles. The van der Waals surface area contributed by atoms with Crippen molar-refractivity contribution in [2.45, 2.75) is 19.8 Å². The third-order valence-corrected chi connectivity index (χ3v) is 4.24. The Balaban J connectivity index is 0.00000233. The zero-order valence-corrected chi connectivity index (χ0v) is 18.5. The highest BCUT2D eigenvalue weighted by atomic mass is 19.1.